The average Bonchev–Trinajstić information content (AvgIpc) is 3.19. The molecule has 2 heterocycles. The van der Waals surface area contributed by atoms with Crippen LogP contribution in [0.2, 0.25) is 0 Å². The number of rotatable bonds is 4. The van der Waals surface area contributed by atoms with Gasteiger partial charge < -0.3 is 20.4 Å². The van der Waals surface area contributed by atoms with Gasteiger partial charge in [-0.05, 0) is 55.9 Å². The number of morpholine rings is 1. The molecule has 2 aliphatic rings. The summed E-state index contributed by atoms with van der Waals surface area (Å²) in [5, 5.41) is 8.84. The zero-order valence-electron chi connectivity index (χ0n) is 14.8. The fraction of sp³-hybridized carbons (Fsp3) is 0.600. The molecule has 1 aliphatic carbocycles. The first-order valence-corrected chi connectivity index (χ1v) is 9.34. The van der Waals surface area contributed by atoms with Crippen molar-refractivity contribution in [3.05, 3.63) is 35.0 Å². The Morgan fingerprint density at radius 3 is 3.00 bits per heavy atom. The number of nitrogens with one attached hydrogen (secondary N) is 3. The molecular formula is C20H29N3O. The van der Waals surface area contributed by atoms with E-state index in [2.05, 4.69) is 47.7 Å². The Balaban J connectivity index is 1.43. The number of H-pyrrole nitrogens is 1. The first kappa shape index (κ1) is 16.1. The first-order valence-electron chi connectivity index (χ1n) is 9.34. The first-order chi connectivity index (χ1) is 11.7. The van der Waals surface area contributed by atoms with Gasteiger partial charge >= 0.3 is 0 Å². The van der Waals surface area contributed by atoms with Crippen LogP contribution in [-0.2, 0) is 11.3 Å². The van der Waals surface area contributed by atoms with Crippen LogP contribution in [0.4, 0.5) is 0 Å². The van der Waals surface area contributed by atoms with E-state index in [-0.39, 0.29) is 0 Å². The Bertz CT molecular complexity index is 702. The highest BCUT2D eigenvalue weighted by molar-refractivity contribution is 5.84. The van der Waals surface area contributed by atoms with Crippen LogP contribution >= 0.6 is 0 Å². The van der Waals surface area contributed by atoms with Crippen LogP contribution < -0.4 is 10.6 Å². The van der Waals surface area contributed by atoms with Crippen LogP contribution in [0.1, 0.15) is 36.1 Å². The minimum Gasteiger partial charge on any atom is -0.379 e. The van der Waals surface area contributed by atoms with E-state index in [1.807, 2.05) is 0 Å². The van der Waals surface area contributed by atoms with Gasteiger partial charge in [-0.3, -0.25) is 0 Å². The third kappa shape index (κ3) is 3.10. The van der Waals surface area contributed by atoms with Crippen molar-refractivity contribution in [2.24, 2.45) is 5.92 Å². The van der Waals surface area contributed by atoms with Gasteiger partial charge in [-0.2, -0.15) is 0 Å². The Morgan fingerprint density at radius 2 is 2.17 bits per heavy atom. The van der Waals surface area contributed by atoms with Gasteiger partial charge in [-0.15, -0.1) is 0 Å². The molecule has 1 aromatic heterocycles. The highest BCUT2D eigenvalue weighted by Gasteiger charge is 2.34. The number of aryl methyl sites for hydroxylation is 2. The van der Waals surface area contributed by atoms with E-state index < -0.39 is 0 Å². The molecule has 0 amide bonds. The zero-order chi connectivity index (χ0) is 16.5. The van der Waals surface area contributed by atoms with Crippen molar-refractivity contribution in [2.45, 2.75) is 51.7 Å². The average molecular weight is 327 g/mol. The van der Waals surface area contributed by atoms with Crippen molar-refractivity contribution in [3.63, 3.8) is 0 Å². The highest BCUT2D eigenvalue weighted by atomic mass is 16.5. The summed E-state index contributed by atoms with van der Waals surface area (Å²) in [7, 11) is 0. The zero-order valence-corrected chi connectivity index (χ0v) is 14.8. The van der Waals surface area contributed by atoms with E-state index in [0.717, 1.165) is 26.3 Å². The number of aromatic nitrogens is 1. The van der Waals surface area contributed by atoms with Crippen LogP contribution in [0, 0.1) is 19.8 Å². The predicted molar refractivity (Wildman–Crippen MR) is 98.4 cm³/mol. The van der Waals surface area contributed by atoms with Gasteiger partial charge in [0.1, 0.15) is 0 Å². The van der Waals surface area contributed by atoms with E-state index in [4.69, 9.17) is 4.74 Å². The van der Waals surface area contributed by atoms with E-state index in [0.29, 0.717) is 18.0 Å². The number of aromatic amines is 1. The van der Waals surface area contributed by atoms with E-state index >= 15 is 0 Å². The molecule has 0 bridgehead atoms. The van der Waals surface area contributed by atoms with Crippen LogP contribution in [0.5, 0.6) is 0 Å². The molecule has 1 aliphatic heterocycles. The lowest BCUT2D eigenvalue weighted by Gasteiger charge is -2.33. The van der Waals surface area contributed by atoms with Gasteiger partial charge in [0.2, 0.25) is 0 Å². The Morgan fingerprint density at radius 1 is 1.25 bits per heavy atom. The van der Waals surface area contributed by atoms with E-state index in [1.54, 1.807) is 0 Å². The minimum atomic E-state index is 0.524. The normalized spacial score (nSPS) is 27.8. The van der Waals surface area contributed by atoms with Crippen LogP contribution in [0.15, 0.2) is 18.2 Å². The maximum absolute atomic E-state index is 5.68. The topological polar surface area (TPSA) is 49.1 Å². The van der Waals surface area contributed by atoms with Gasteiger partial charge in [0, 0.05) is 41.8 Å². The second kappa shape index (κ2) is 6.87. The summed E-state index contributed by atoms with van der Waals surface area (Å²) < 4.78 is 5.68. The van der Waals surface area contributed by atoms with E-state index in [9.17, 15) is 0 Å². The van der Waals surface area contributed by atoms with Crippen molar-refractivity contribution in [2.75, 3.05) is 19.8 Å². The summed E-state index contributed by atoms with van der Waals surface area (Å²) in [6, 6.07) is 7.93. The van der Waals surface area contributed by atoms with Gasteiger partial charge in [-0.1, -0.05) is 12.5 Å². The molecule has 4 rings (SSSR count). The number of benzene rings is 1. The summed E-state index contributed by atoms with van der Waals surface area (Å²) >= 11 is 0. The molecule has 1 saturated heterocycles. The highest BCUT2D eigenvalue weighted by Crippen LogP contribution is 2.30. The molecule has 1 saturated carbocycles. The smallest absolute Gasteiger partial charge is 0.0623 e. The van der Waals surface area contributed by atoms with Crippen molar-refractivity contribution < 1.29 is 4.74 Å². The third-order valence-electron chi connectivity index (χ3n) is 5.98. The monoisotopic (exact) mass is 327 g/mol. The van der Waals surface area contributed by atoms with Crippen LogP contribution in [-0.4, -0.2) is 36.8 Å². The number of hydrogen-bond acceptors (Lipinski definition) is 3. The molecule has 3 unspecified atom stereocenters. The molecule has 3 N–H and O–H groups in total. The van der Waals surface area contributed by atoms with Gasteiger partial charge in [-0.25, -0.2) is 0 Å². The Labute approximate surface area is 144 Å². The quantitative estimate of drug-likeness (QED) is 0.809. The van der Waals surface area contributed by atoms with Gasteiger partial charge in [0.15, 0.2) is 0 Å². The molecule has 4 heteroatoms. The van der Waals surface area contributed by atoms with Crippen molar-refractivity contribution in [1.29, 1.82) is 0 Å². The molecule has 0 radical (unpaired) electrons. The standard InChI is InChI=1S/C20H29N3O/c1-13-14(2)23-19-7-6-15(10-17(13)19)11-22-18-5-3-4-16(18)20-12-24-9-8-21-20/h6-7,10,16,18,20-23H,3-5,8-9,11-12H2,1-2H3. The maximum Gasteiger partial charge on any atom is 0.0623 e. The van der Waals surface area contributed by atoms with Crippen LogP contribution in [0.3, 0.4) is 0 Å². The Kier molecular flexibility index (Phi) is 4.61. The van der Waals surface area contributed by atoms with Gasteiger partial charge in [0.25, 0.3) is 0 Å². The molecular weight excluding hydrogens is 298 g/mol. The molecule has 130 valence electrons. The second-order valence-electron chi connectivity index (χ2n) is 7.47. The molecule has 2 fully saturated rings. The number of fused-ring (bicyclic) bond motifs is 1. The lowest BCUT2D eigenvalue weighted by atomic mass is 9.94. The maximum atomic E-state index is 5.68. The SMILES string of the molecule is Cc1[nH]c2ccc(CNC3CCCC3C3COCCN3)cc2c1C. The fourth-order valence-electron chi connectivity index (χ4n) is 4.45. The second-order valence-corrected chi connectivity index (χ2v) is 7.47. The van der Waals surface area contributed by atoms with Crippen molar-refractivity contribution in [3.8, 4) is 0 Å². The molecule has 3 atom stereocenters. The number of ether oxygens (including phenoxy) is 1. The number of hydrogen-bond donors (Lipinski definition) is 3. The fourth-order valence-corrected chi connectivity index (χ4v) is 4.45. The van der Waals surface area contributed by atoms with Crippen molar-refractivity contribution in [1.82, 2.24) is 15.6 Å². The summed E-state index contributed by atoms with van der Waals surface area (Å²) in [6.07, 6.45) is 3.93. The van der Waals surface area contributed by atoms with Gasteiger partial charge in [0.05, 0.1) is 13.2 Å². The molecule has 1 aromatic carbocycles. The largest absolute Gasteiger partial charge is 0.379 e. The lowest BCUT2D eigenvalue weighted by Crippen LogP contribution is -2.50. The molecule has 0 spiro atoms. The van der Waals surface area contributed by atoms with Crippen molar-refractivity contribution >= 4 is 10.9 Å². The van der Waals surface area contributed by atoms with Crippen LogP contribution in [0.25, 0.3) is 10.9 Å². The minimum absolute atomic E-state index is 0.524. The molecule has 24 heavy (non-hydrogen) atoms. The molecule has 2 aromatic rings. The Hall–Kier alpha value is -1.36. The summed E-state index contributed by atoms with van der Waals surface area (Å²) in [6.45, 7) is 8.03. The molecule has 4 nitrogen and oxygen atoms in total. The van der Waals surface area contributed by atoms with E-state index in [1.165, 1.54) is 47.0 Å². The lowest BCUT2D eigenvalue weighted by molar-refractivity contribution is 0.0524. The summed E-state index contributed by atoms with van der Waals surface area (Å²) in [5.41, 5.74) is 5.27. The predicted octanol–water partition coefficient (Wildman–Crippen LogP) is 3.03. The summed E-state index contributed by atoms with van der Waals surface area (Å²) in [4.78, 5) is 3.46. The summed E-state index contributed by atoms with van der Waals surface area (Å²) in [5.74, 6) is 0.699. The third-order valence-corrected chi connectivity index (χ3v) is 5.98.